The van der Waals surface area contributed by atoms with Gasteiger partial charge in [-0.25, -0.2) is 24.9 Å². The van der Waals surface area contributed by atoms with Gasteiger partial charge in [0.15, 0.2) is 23.3 Å². The highest BCUT2D eigenvalue weighted by Gasteiger charge is 2.21. The van der Waals surface area contributed by atoms with Crippen molar-refractivity contribution in [1.82, 2.24) is 24.9 Å². The lowest BCUT2D eigenvalue weighted by Crippen LogP contribution is -2.03. The Kier molecular flexibility index (Phi) is 8.66. The van der Waals surface area contributed by atoms with Crippen molar-refractivity contribution < 1.29 is 0 Å². The van der Waals surface area contributed by atoms with E-state index in [0.717, 1.165) is 55.9 Å². The first-order valence-electron chi connectivity index (χ1n) is 15.7. The van der Waals surface area contributed by atoms with Crippen LogP contribution in [-0.2, 0) is 0 Å². The third-order valence-corrected chi connectivity index (χ3v) is 7.89. The van der Waals surface area contributed by atoms with Crippen LogP contribution in [0.4, 0.5) is 0 Å². The molecule has 0 saturated heterocycles. The zero-order valence-electron chi connectivity index (χ0n) is 26.2. The Morgan fingerprint density at radius 2 is 0.833 bits per heavy atom. The van der Waals surface area contributed by atoms with Crippen molar-refractivity contribution in [2.24, 2.45) is 0 Å². The second-order valence-electron chi connectivity index (χ2n) is 11.0. The van der Waals surface area contributed by atoms with Crippen LogP contribution in [0.15, 0.2) is 177 Å². The van der Waals surface area contributed by atoms with Gasteiger partial charge in [0.1, 0.15) is 0 Å². The minimum absolute atomic E-state index is 0.518. The van der Waals surface area contributed by atoms with Gasteiger partial charge in [0.2, 0.25) is 0 Å². The molecule has 0 saturated carbocycles. The van der Waals surface area contributed by atoms with E-state index in [4.69, 9.17) is 24.9 Å². The second kappa shape index (κ2) is 13.8. The van der Waals surface area contributed by atoms with Gasteiger partial charge in [-0.2, -0.15) is 0 Å². The molecule has 5 nitrogen and oxygen atoms in total. The van der Waals surface area contributed by atoms with Crippen LogP contribution < -0.4 is 0 Å². The molecule has 0 atom stereocenters. The Bertz CT molecular complexity index is 2180. The summed E-state index contributed by atoms with van der Waals surface area (Å²) in [5.74, 6) is 2.30. The summed E-state index contributed by atoms with van der Waals surface area (Å²) >= 11 is 0. The van der Waals surface area contributed by atoms with Gasteiger partial charge >= 0.3 is 0 Å². The topological polar surface area (TPSA) is 64.5 Å². The van der Waals surface area contributed by atoms with E-state index in [2.05, 4.69) is 49.6 Å². The largest absolute Gasteiger partial charge is 0.227 e. The van der Waals surface area contributed by atoms with Crippen LogP contribution in [0.25, 0.3) is 73.4 Å². The maximum absolute atomic E-state index is 5.22. The van der Waals surface area contributed by atoms with E-state index in [1.54, 1.807) is 12.2 Å². The predicted octanol–water partition coefficient (Wildman–Crippen LogP) is 10.4. The summed E-state index contributed by atoms with van der Waals surface area (Å²) in [5, 5.41) is 0. The smallest absolute Gasteiger partial charge is 0.164 e. The molecule has 0 N–H and O–H groups in total. The first-order chi connectivity index (χ1) is 23.7. The highest BCUT2D eigenvalue weighted by Crippen LogP contribution is 2.40. The fourth-order valence-corrected chi connectivity index (χ4v) is 5.59. The van der Waals surface area contributed by atoms with Crippen molar-refractivity contribution in [1.29, 1.82) is 0 Å². The summed E-state index contributed by atoms with van der Waals surface area (Å²) < 4.78 is 0. The molecule has 7 rings (SSSR count). The minimum Gasteiger partial charge on any atom is -0.227 e. The predicted molar refractivity (Wildman–Crippen MR) is 196 cm³/mol. The third kappa shape index (κ3) is 6.26. The molecule has 228 valence electrons. The lowest BCUT2D eigenvalue weighted by molar-refractivity contribution is 1.04. The van der Waals surface area contributed by atoms with Gasteiger partial charge in [-0.05, 0) is 11.6 Å². The molecular weight excluding hydrogens is 587 g/mol. The first-order valence-corrected chi connectivity index (χ1v) is 15.7. The number of rotatable bonds is 9. The Balaban J connectivity index is 1.48. The standard InChI is InChI=1S/C43H31N5/c1-3-18-30(4-2)40-46-42(34-25-15-8-16-26-34)48-43(47-40)36-28-17-27-35(29-36)37-38(31-19-9-5-10-20-31)44-41(33-23-13-7-14-24-33)45-39(37)32-21-11-6-12-22-32/h3-29H,1-2H2/b30-18+. The van der Waals surface area contributed by atoms with E-state index in [9.17, 15) is 0 Å². The number of aromatic nitrogens is 5. The van der Waals surface area contributed by atoms with Crippen molar-refractivity contribution >= 4 is 5.57 Å². The molecule has 0 spiro atoms. The molecule has 2 heterocycles. The Hall–Kier alpha value is -6.59. The van der Waals surface area contributed by atoms with Crippen molar-refractivity contribution in [2.45, 2.75) is 0 Å². The maximum atomic E-state index is 5.22. The van der Waals surface area contributed by atoms with Crippen LogP contribution >= 0.6 is 0 Å². The van der Waals surface area contributed by atoms with E-state index >= 15 is 0 Å². The average molecular weight is 618 g/mol. The number of benzene rings is 5. The van der Waals surface area contributed by atoms with Crippen LogP contribution in [0.1, 0.15) is 5.82 Å². The molecule has 0 aliphatic heterocycles. The van der Waals surface area contributed by atoms with Gasteiger partial charge < -0.3 is 0 Å². The Morgan fingerprint density at radius 3 is 1.31 bits per heavy atom. The van der Waals surface area contributed by atoms with Crippen LogP contribution in [0.2, 0.25) is 0 Å². The minimum atomic E-state index is 0.518. The summed E-state index contributed by atoms with van der Waals surface area (Å²) in [6.07, 6.45) is 5.29. The van der Waals surface area contributed by atoms with E-state index < -0.39 is 0 Å². The molecule has 5 aromatic carbocycles. The molecule has 0 aliphatic rings. The monoisotopic (exact) mass is 617 g/mol. The second-order valence-corrected chi connectivity index (χ2v) is 11.0. The lowest BCUT2D eigenvalue weighted by Gasteiger charge is -2.17. The van der Waals surface area contributed by atoms with Crippen molar-refractivity contribution in [3.8, 4) is 67.8 Å². The number of nitrogens with zero attached hydrogens (tertiary/aromatic N) is 5. The lowest BCUT2D eigenvalue weighted by atomic mass is 9.93. The SMILES string of the molecule is C=C/C=C(\C=C)c1nc(-c2ccccc2)nc(-c2cccc(-c3c(-c4ccccc4)nc(-c4ccccc4)nc3-c3ccccc3)c2)n1. The van der Waals surface area contributed by atoms with E-state index in [1.807, 2.05) is 115 Å². The van der Waals surface area contributed by atoms with Gasteiger partial charge in [0.25, 0.3) is 0 Å². The quantitative estimate of drug-likeness (QED) is 0.151. The molecule has 0 fully saturated rings. The van der Waals surface area contributed by atoms with Crippen LogP contribution in [0.5, 0.6) is 0 Å². The molecule has 7 aromatic rings. The zero-order chi connectivity index (χ0) is 32.7. The summed E-state index contributed by atoms with van der Waals surface area (Å²) in [5.41, 5.74) is 8.96. The average Bonchev–Trinajstić information content (AvgIpc) is 3.17. The van der Waals surface area contributed by atoms with Crippen LogP contribution in [0, 0.1) is 0 Å². The van der Waals surface area contributed by atoms with Crippen LogP contribution in [-0.4, -0.2) is 24.9 Å². The van der Waals surface area contributed by atoms with Gasteiger partial charge in [-0.3, -0.25) is 0 Å². The maximum Gasteiger partial charge on any atom is 0.164 e. The third-order valence-electron chi connectivity index (χ3n) is 7.89. The van der Waals surface area contributed by atoms with Crippen molar-refractivity contribution in [2.75, 3.05) is 0 Å². The van der Waals surface area contributed by atoms with Gasteiger partial charge in [-0.1, -0.05) is 171 Å². The Morgan fingerprint density at radius 1 is 0.417 bits per heavy atom. The van der Waals surface area contributed by atoms with E-state index in [0.29, 0.717) is 23.3 Å². The fraction of sp³-hybridized carbons (Fsp3) is 0. The molecular formula is C43H31N5. The van der Waals surface area contributed by atoms with Gasteiger partial charge in [-0.15, -0.1) is 0 Å². The normalized spacial score (nSPS) is 11.2. The summed E-state index contributed by atoms with van der Waals surface area (Å²) in [6.45, 7) is 7.86. The molecule has 0 unspecified atom stereocenters. The van der Waals surface area contributed by atoms with Crippen molar-refractivity contribution in [3.05, 3.63) is 183 Å². The molecule has 0 radical (unpaired) electrons. The first kappa shape index (κ1) is 30.1. The molecule has 0 amide bonds. The fourth-order valence-electron chi connectivity index (χ4n) is 5.59. The highest BCUT2D eigenvalue weighted by molar-refractivity contribution is 5.93. The molecule has 0 aliphatic carbocycles. The number of allylic oxidation sites excluding steroid dienone is 4. The van der Waals surface area contributed by atoms with Crippen LogP contribution in [0.3, 0.4) is 0 Å². The summed E-state index contributed by atoms with van der Waals surface area (Å²) in [6, 6.07) is 48.8. The van der Waals surface area contributed by atoms with Gasteiger partial charge in [0, 0.05) is 39.0 Å². The Labute approximate surface area is 280 Å². The molecule has 48 heavy (non-hydrogen) atoms. The number of hydrogen-bond acceptors (Lipinski definition) is 5. The highest BCUT2D eigenvalue weighted by atomic mass is 15.0. The molecule has 2 aromatic heterocycles. The number of hydrogen-bond donors (Lipinski definition) is 0. The summed E-state index contributed by atoms with van der Waals surface area (Å²) in [7, 11) is 0. The molecule has 0 bridgehead atoms. The van der Waals surface area contributed by atoms with E-state index in [-0.39, 0.29) is 0 Å². The van der Waals surface area contributed by atoms with E-state index in [1.165, 1.54) is 0 Å². The molecule has 5 heteroatoms. The van der Waals surface area contributed by atoms with Gasteiger partial charge in [0.05, 0.1) is 11.4 Å². The zero-order valence-corrected chi connectivity index (χ0v) is 26.2. The van der Waals surface area contributed by atoms with Crippen molar-refractivity contribution in [3.63, 3.8) is 0 Å². The summed E-state index contributed by atoms with van der Waals surface area (Å²) in [4.78, 5) is 25.1.